The fourth-order valence-corrected chi connectivity index (χ4v) is 3.68. The van der Waals surface area contributed by atoms with Crippen molar-refractivity contribution < 1.29 is 14.3 Å². The number of hydrogen-bond acceptors (Lipinski definition) is 5. The van der Waals surface area contributed by atoms with Crippen molar-refractivity contribution in [1.29, 1.82) is 0 Å². The van der Waals surface area contributed by atoms with Gasteiger partial charge in [0.15, 0.2) is 0 Å². The molecule has 0 bridgehead atoms. The van der Waals surface area contributed by atoms with Gasteiger partial charge in [0.05, 0.1) is 19.3 Å². The fourth-order valence-electron chi connectivity index (χ4n) is 3.68. The van der Waals surface area contributed by atoms with Crippen molar-refractivity contribution in [1.82, 2.24) is 10.2 Å². The van der Waals surface area contributed by atoms with Crippen LogP contribution in [0.1, 0.15) is 22.7 Å². The third-order valence-electron chi connectivity index (χ3n) is 5.80. The van der Waals surface area contributed by atoms with Gasteiger partial charge in [-0.1, -0.05) is 24.3 Å². The minimum atomic E-state index is -0.655. The molecular formula is C24H32N4O3. The van der Waals surface area contributed by atoms with Crippen LogP contribution in [0.5, 0.6) is 0 Å². The number of hydrogen-bond donors (Lipinski definition) is 2. The van der Waals surface area contributed by atoms with E-state index in [9.17, 15) is 9.59 Å². The van der Waals surface area contributed by atoms with Crippen LogP contribution in [0.2, 0.25) is 0 Å². The van der Waals surface area contributed by atoms with E-state index in [0.717, 1.165) is 35.5 Å². The summed E-state index contributed by atoms with van der Waals surface area (Å²) in [7, 11) is 4.01. The fraction of sp³-hybridized carbons (Fsp3) is 0.417. The lowest BCUT2D eigenvalue weighted by atomic mass is 10.0. The summed E-state index contributed by atoms with van der Waals surface area (Å²) in [6, 6.07) is 13.9. The Bertz CT molecular complexity index is 906. The van der Waals surface area contributed by atoms with E-state index >= 15 is 0 Å². The molecule has 3 rings (SSSR count). The Balaban J connectivity index is 1.68. The molecule has 0 aliphatic carbocycles. The average Bonchev–Trinajstić information content (AvgIpc) is 2.78. The van der Waals surface area contributed by atoms with Crippen molar-refractivity contribution in [3.8, 4) is 0 Å². The zero-order chi connectivity index (χ0) is 22.4. The number of nitrogens with one attached hydrogen (secondary N) is 2. The third kappa shape index (κ3) is 5.83. The van der Waals surface area contributed by atoms with Crippen molar-refractivity contribution in [3.63, 3.8) is 0 Å². The molecule has 7 heteroatoms. The average molecular weight is 425 g/mol. The van der Waals surface area contributed by atoms with Crippen LogP contribution in [0, 0.1) is 13.8 Å². The van der Waals surface area contributed by atoms with Gasteiger partial charge in [0.1, 0.15) is 0 Å². The number of carbonyl (C=O) groups excluding carboxylic acids is 2. The second kappa shape index (κ2) is 10.4. The molecular weight excluding hydrogens is 392 g/mol. The number of rotatable bonds is 6. The first-order chi connectivity index (χ1) is 14.9. The van der Waals surface area contributed by atoms with Crippen LogP contribution in [0.3, 0.4) is 0 Å². The third-order valence-corrected chi connectivity index (χ3v) is 5.80. The topological polar surface area (TPSA) is 73.9 Å². The van der Waals surface area contributed by atoms with Crippen molar-refractivity contribution in [2.24, 2.45) is 0 Å². The van der Waals surface area contributed by atoms with Gasteiger partial charge in [0.25, 0.3) is 0 Å². The first-order valence-electron chi connectivity index (χ1n) is 10.6. The molecule has 166 valence electrons. The molecule has 1 aliphatic rings. The van der Waals surface area contributed by atoms with Gasteiger partial charge in [-0.25, -0.2) is 0 Å². The molecule has 2 aromatic carbocycles. The molecule has 0 aromatic heterocycles. The quantitative estimate of drug-likeness (QED) is 0.697. The molecule has 0 unspecified atom stereocenters. The molecule has 0 saturated carbocycles. The number of aryl methyl sites for hydroxylation is 1. The predicted molar refractivity (Wildman–Crippen MR) is 123 cm³/mol. The van der Waals surface area contributed by atoms with E-state index < -0.39 is 11.8 Å². The summed E-state index contributed by atoms with van der Waals surface area (Å²) in [4.78, 5) is 29.3. The van der Waals surface area contributed by atoms with Gasteiger partial charge >= 0.3 is 11.8 Å². The van der Waals surface area contributed by atoms with Crippen LogP contribution in [0.15, 0.2) is 42.5 Å². The highest BCUT2D eigenvalue weighted by molar-refractivity contribution is 6.39. The molecule has 0 spiro atoms. The van der Waals surface area contributed by atoms with Gasteiger partial charge in [-0.2, -0.15) is 0 Å². The number of carbonyl (C=O) groups is 2. The predicted octanol–water partition coefficient (Wildman–Crippen LogP) is 2.50. The SMILES string of the molecule is Cc1cccc(NC(=O)C(=O)NC[C@@H](c2ccc(N(C)C)cc2)N2CCOCC2)c1C. The minimum absolute atomic E-state index is 0.0300. The minimum Gasteiger partial charge on any atom is -0.379 e. The Labute approximate surface area is 184 Å². The normalized spacial score (nSPS) is 15.2. The Morgan fingerprint density at radius 3 is 2.35 bits per heavy atom. The number of anilines is 2. The highest BCUT2D eigenvalue weighted by Crippen LogP contribution is 2.24. The molecule has 1 atom stereocenters. The first kappa shape index (κ1) is 22.8. The first-order valence-corrected chi connectivity index (χ1v) is 10.6. The number of morpholine rings is 1. The smallest absolute Gasteiger partial charge is 0.313 e. The standard InChI is InChI=1S/C24H32N4O3/c1-17-6-5-7-21(18(17)2)26-24(30)23(29)25-16-22(28-12-14-31-15-13-28)19-8-10-20(11-9-19)27(3)4/h5-11,22H,12-16H2,1-4H3,(H,25,29)(H,26,30)/t22-/m0/s1. The van der Waals surface area contributed by atoms with Gasteiger partial charge in [-0.15, -0.1) is 0 Å². The maximum absolute atomic E-state index is 12.5. The van der Waals surface area contributed by atoms with Crippen LogP contribution >= 0.6 is 0 Å². The van der Waals surface area contributed by atoms with Crippen LogP contribution in [-0.2, 0) is 14.3 Å². The van der Waals surface area contributed by atoms with Gasteiger partial charge in [-0.3, -0.25) is 14.5 Å². The molecule has 31 heavy (non-hydrogen) atoms. The summed E-state index contributed by atoms with van der Waals surface area (Å²) in [5, 5.41) is 5.55. The van der Waals surface area contributed by atoms with Crippen molar-refractivity contribution in [2.45, 2.75) is 19.9 Å². The number of nitrogens with zero attached hydrogens (tertiary/aromatic N) is 2. The van der Waals surface area contributed by atoms with E-state index in [2.05, 4.69) is 39.8 Å². The largest absolute Gasteiger partial charge is 0.379 e. The maximum Gasteiger partial charge on any atom is 0.313 e. The number of benzene rings is 2. The molecule has 0 radical (unpaired) electrons. The summed E-state index contributed by atoms with van der Waals surface area (Å²) in [6.45, 7) is 7.13. The lowest BCUT2D eigenvalue weighted by Crippen LogP contribution is -2.45. The molecule has 1 aliphatic heterocycles. The van der Waals surface area contributed by atoms with Gasteiger partial charge < -0.3 is 20.3 Å². The summed E-state index contributed by atoms with van der Waals surface area (Å²) >= 11 is 0. The summed E-state index contributed by atoms with van der Waals surface area (Å²) in [5.41, 5.74) is 4.89. The van der Waals surface area contributed by atoms with E-state index in [0.29, 0.717) is 25.4 Å². The number of ether oxygens (including phenoxy) is 1. The van der Waals surface area contributed by atoms with Crippen LogP contribution in [0.4, 0.5) is 11.4 Å². The molecule has 2 aromatic rings. The molecule has 7 nitrogen and oxygen atoms in total. The van der Waals surface area contributed by atoms with Crippen LogP contribution in [0.25, 0.3) is 0 Å². The zero-order valence-corrected chi connectivity index (χ0v) is 18.8. The Hall–Kier alpha value is -2.90. The van der Waals surface area contributed by atoms with Gasteiger partial charge in [0.2, 0.25) is 0 Å². The summed E-state index contributed by atoms with van der Waals surface area (Å²) in [5.74, 6) is -1.29. The molecule has 1 fully saturated rings. The molecule has 1 saturated heterocycles. The second-order valence-electron chi connectivity index (χ2n) is 8.06. The van der Waals surface area contributed by atoms with Gasteiger partial charge in [-0.05, 0) is 48.7 Å². The van der Waals surface area contributed by atoms with Gasteiger partial charge in [0, 0.05) is 45.1 Å². The molecule has 1 heterocycles. The van der Waals surface area contributed by atoms with Crippen LogP contribution in [-0.4, -0.2) is 63.7 Å². The van der Waals surface area contributed by atoms with E-state index in [1.54, 1.807) is 6.07 Å². The van der Waals surface area contributed by atoms with Crippen molar-refractivity contribution in [3.05, 3.63) is 59.2 Å². The summed E-state index contributed by atoms with van der Waals surface area (Å²) in [6.07, 6.45) is 0. The van der Waals surface area contributed by atoms with Crippen molar-refractivity contribution in [2.75, 3.05) is 57.2 Å². The highest BCUT2D eigenvalue weighted by atomic mass is 16.5. The lowest BCUT2D eigenvalue weighted by molar-refractivity contribution is -0.136. The highest BCUT2D eigenvalue weighted by Gasteiger charge is 2.25. The monoisotopic (exact) mass is 424 g/mol. The number of amides is 2. The molecule has 2 amide bonds. The van der Waals surface area contributed by atoms with Crippen molar-refractivity contribution >= 4 is 23.2 Å². The van der Waals surface area contributed by atoms with E-state index in [1.807, 2.05) is 45.0 Å². The van der Waals surface area contributed by atoms with Crippen LogP contribution < -0.4 is 15.5 Å². The molecule has 2 N–H and O–H groups in total. The second-order valence-corrected chi connectivity index (χ2v) is 8.06. The summed E-state index contributed by atoms with van der Waals surface area (Å²) < 4.78 is 5.49. The van der Waals surface area contributed by atoms with E-state index in [1.165, 1.54) is 0 Å². The van der Waals surface area contributed by atoms with E-state index in [-0.39, 0.29) is 6.04 Å². The Kier molecular flexibility index (Phi) is 7.65. The van der Waals surface area contributed by atoms with E-state index in [4.69, 9.17) is 4.74 Å². The maximum atomic E-state index is 12.5. The Morgan fingerprint density at radius 1 is 1.03 bits per heavy atom. The Morgan fingerprint density at radius 2 is 1.71 bits per heavy atom. The zero-order valence-electron chi connectivity index (χ0n) is 18.8. The lowest BCUT2D eigenvalue weighted by Gasteiger charge is -2.35.